The molecule has 0 spiro atoms. The van der Waals surface area contributed by atoms with Gasteiger partial charge in [0.2, 0.25) is 5.91 Å². The van der Waals surface area contributed by atoms with Crippen molar-refractivity contribution in [2.45, 2.75) is 20.0 Å². The molecule has 9 heteroatoms. The molecule has 1 aliphatic heterocycles. The topological polar surface area (TPSA) is 64.1 Å². The molecule has 2 heterocycles. The number of hydrogen-bond acceptors (Lipinski definition) is 5. The maximum absolute atomic E-state index is 12.7. The maximum atomic E-state index is 12.7. The standard InChI is InChI=1S/C20H27ClN6OS/c1-4-22-19(23-11-17-14-29-20(24-17)25(2)3)27-10-9-26(18(28)13-27)12-15-5-7-16(21)8-6-15/h5-8,14H,4,9-13H2,1-3H3,(H,22,23). The van der Waals surface area contributed by atoms with Crippen LogP contribution < -0.4 is 10.2 Å². The van der Waals surface area contributed by atoms with Gasteiger partial charge in [-0.1, -0.05) is 23.7 Å². The molecule has 1 aromatic heterocycles. The summed E-state index contributed by atoms with van der Waals surface area (Å²) in [5.41, 5.74) is 2.01. The molecular formula is C20H27ClN6OS. The van der Waals surface area contributed by atoms with Gasteiger partial charge in [0.05, 0.1) is 18.8 Å². The molecule has 29 heavy (non-hydrogen) atoms. The molecule has 0 unspecified atom stereocenters. The van der Waals surface area contributed by atoms with Crippen LogP contribution in [0.3, 0.4) is 0 Å². The first-order valence-electron chi connectivity index (χ1n) is 9.63. The predicted octanol–water partition coefficient (Wildman–Crippen LogP) is 2.67. The summed E-state index contributed by atoms with van der Waals surface area (Å²) in [6.07, 6.45) is 0. The van der Waals surface area contributed by atoms with E-state index >= 15 is 0 Å². The SMILES string of the molecule is CCNC(=NCc1csc(N(C)C)n1)N1CCN(Cc2ccc(Cl)cc2)C(=O)C1. The molecule has 1 aromatic carbocycles. The van der Waals surface area contributed by atoms with E-state index in [0.717, 1.165) is 35.4 Å². The zero-order valence-electron chi connectivity index (χ0n) is 17.1. The van der Waals surface area contributed by atoms with E-state index < -0.39 is 0 Å². The minimum Gasteiger partial charge on any atom is -0.356 e. The maximum Gasteiger partial charge on any atom is 0.242 e. The first kappa shape index (κ1) is 21.4. The van der Waals surface area contributed by atoms with Gasteiger partial charge >= 0.3 is 0 Å². The molecule has 2 aromatic rings. The van der Waals surface area contributed by atoms with Gasteiger partial charge in [0.15, 0.2) is 11.1 Å². The summed E-state index contributed by atoms with van der Waals surface area (Å²) >= 11 is 7.55. The van der Waals surface area contributed by atoms with E-state index in [4.69, 9.17) is 16.6 Å². The van der Waals surface area contributed by atoms with Crippen LogP contribution in [0.5, 0.6) is 0 Å². The number of aliphatic imine (C=N–C) groups is 1. The number of thiazole rings is 1. The summed E-state index contributed by atoms with van der Waals surface area (Å²) in [5.74, 6) is 0.853. The van der Waals surface area contributed by atoms with E-state index in [1.807, 2.05) is 65.4 Å². The fourth-order valence-corrected chi connectivity index (χ4v) is 3.90. The molecule has 0 bridgehead atoms. The first-order valence-corrected chi connectivity index (χ1v) is 10.9. The van der Waals surface area contributed by atoms with Crippen molar-refractivity contribution >= 4 is 39.9 Å². The van der Waals surface area contributed by atoms with Crippen molar-refractivity contribution in [1.29, 1.82) is 0 Å². The third-order valence-electron chi connectivity index (χ3n) is 4.55. The van der Waals surface area contributed by atoms with Gasteiger partial charge in [-0.2, -0.15) is 0 Å². The number of nitrogens with zero attached hydrogens (tertiary/aromatic N) is 5. The summed E-state index contributed by atoms with van der Waals surface area (Å²) < 4.78 is 0. The van der Waals surface area contributed by atoms with Crippen molar-refractivity contribution in [1.82, 2.24) is 20.1 Å². The number of amides is 1. The largest absolute Gasteiger partial charge is 0.356 e. The van der Waals surface area contributed by atoms with Crippen molar-refractivity contribution in [2.24, 2.45) is 4.99 Å². The number of benzene rings is 1. The quantitative estimate of drug-likeness (QED) is 0.559. The fourth-order valence-electron chi connectivity index (χ4n) is 3.02. The van der Waals surface area contributed by atoms with Crippen molar-refractivity contribution in [3.8, 4) is 0 Å². The lowest BCUT2D eigenvalue weighted by molar-refractivity contribution is -0.135. The summed E-state index contributed by atoms with van der Waals surface area (Å²) in [6.45, 7) is 5.59. The number of nitrogens with one attached hydrogen (secondary N) is 1. The Kier molecular flexibility index (Phi) is 7.33. The fraction of sp³-hybridized carbons (Fsp3) is 0.450. The van der Waals surface area contributed by atoms with E-state index in [1.54, 1.807) is 11.3 Å². The molecule has 3 rings (SSSR count). The second kappa shape index (κ2) is 9.93. The number of anilines is 1. The molecule has 1 N–H and O–H groups in total. The summed E-state index contributed by atoms with van der Waals surface area (Å²) in [6, 6.07) is 7.63. The number of rotatable bonds is 6. The minimum absolute atomic E-state index is 0.0976. The first-order chi connectivity index (χ1) is 14.0. The van der Waals surface area contributed by atoms with Crippen LogP contribution in [0, 0.1) is 0 Å². The van der Waals surface area contributed by atoms with Crippen LogP contribution in [0.4, 0.5) is 5.13 Å². The van der Waals surface area contributed by atoms with Gasteiger partial charge in [-0.05, 0) is 24.6 Å². The predicted molar refractivity (Wildman–Crippen MR) is 120 cm³/mol. The van der Waals surface area contributed by atoms with Crippen molar-refractivity contribution < 1.29 is 4.79 Å². The van der Waals surface area contributed by atoms with E-state index in [-0.39, 0.29) is 5.91 Å². The Labute approximate surface area is 181 Å². The molecular weight excluding hydrogens is 408 g/mol. The van der Waals surface area contributed by atoms with Crippen LogP contribution in [0.2, 0.25) is 5.02 Å². The van der Waals surface area contributed by atoms with Crippen LogP contribution in [0.25, 0.3) is 0 Å². The zero-order chi connectivity index (χ0) is 20.8. The number of aromatic nitrogens is 1. The Bertz CT molecular complexity index is 851. The lowest BCUT2D eigenvalue weighted by Gasteiger charge is -2.36. The van der Waals surface area contributed by atoms with Crippen molar-refractivity contribution in [2.75, 3.05) is 45.2 Å². The Morgan fingerprint density at radius 3 is 2.69 bits per heavy atom. The second-order valence-corrected chi connectivity index (χ2v) is 8.32. The molecule has 0 saturated carbocycles. The van der Waals surface area contributed by atoms with Gasteiger partial charge < -0.3 is 20.0 Å². The number of hydrogen-bond donors (Lipinski definition) is 1. The molecule has 0 radical (unpaired) electrons. The second-order valence-electron chi connectivity index (χ2n) is 7.05. The normalized spacial score (nSPS) is 15.0. The highest BCUT2D eigenvalue weighted by molar-refractivity contribution is 7.13. The van der Waals surface area contributed by atoms with Crippen LogP contribution in [0.1, 0.15) is 18.2 Å². The van der Waals surface area contributed by atoms with Crippen LogP contribution >= 0.6 is 22.9 Å². The molecule has 1 saturated heterocycles. The molecule has 1 aliphatic rings. The monoisotopic (exact) mass is 434 g/mol. The third kappa shape index (κ3) is 5.83. The van der Waals surface area contributed by atoms with E-state index in [2.05, 4.69) is 10.3 Å². The molecule has 0 atom stereocenters. The van der Waals surface area contributed by atoms with Crippen molar-refractivity contribution in [3.63, 3.8) is 0 Å². The number of guanidine groups is 1. The Hall–Kier alpha value is -2.32. The van der Waals surface area contributed by atoms with Gasteiger partial charge in [0, 0.05) is 50.7 Å². The van der Waals surface area contributed by atoms with Gasteiger partial charge in [-0.3, -0.25) is 4.79 Å². The van der Waals surface area contributed by atoms with Crippen LogP contribution in [-0.4, -0.2) is 66.9 Å². The zero-order valence-corrected chi connectivity index (χ0v) is 18.6. The number of halogens is 1. The summed E-state index contributed by atoms with van der Waals surface area (Å²) in [5, 5.41) is 6.99. The van der Waals surface area contributed by atoms with Crippen LogP contribution in [0.15, 0.2) is 34.6 Å². The highest BCUT2D eigenvalue weighted by atomic mass is 35.5. The smallest absolute Gasteiger partial charge is 0.242 e. The lowest BCUT2D eigenvalue weighted by Crippen LogP contribution is -2.54. The highest BCUT2D eigenvalue weighted by Gasteiger charge is 2.26. The van der Waals surface area contributed by atoms with E-state index in [0.29, 0.717) is 31.2 Å². The number of carbonyl (C=O) groups is 1. The Morgan fingerprint density at radius 2 is 2.07 bits per heavy atom. The van der Waals surface area contributed by atoms with Crippen LogP contribution in [-0.2, 0) is 17.9 Å². The van der Waals surface area contributed by atoms with Gasteiger partial charge in [0.1, 0.15) is 0 Å². The average molecular weight is 435 g/mol. The lowest BCUT2D eigenvalue weighted by atomic mass is 10.2. The highest BCUT2D eigenvalue weighted by Crippen LogP contribution is 2.18. The molecule has 7 nitrogen and oxygen atoms in total. The Balaban J connectivity index is 1.61. The third-order valence-corrected chi connectivity index (χ3v) is 5.86. The number of piperazine rings is 1. The Morgan fingerprint density at radius 1 is 1.31 bits per heavy atom. The van der Waals surface area contributed by atoms with E-state index in [1.165, 1.54) is 0 Å². The number of carbonyl (C=O) groups excluding carboxylic acids is 1. The average Bonchev–Trinajstić information content (AvgIpc) is 3.18. The molecule has 1 fully saturated rings. The van der Waals surface area contributed by atoms with Crippen molar-refractivity contribution in [3.05, 3.63) is 45.9 Å². The molecule has 0 aliphatic carbocycles. The summed E-state index contributed by atoms with van der Waals surface area (Å²) in [7, 11) is 3.95. The van der Waals surface area contributed by atoms with Gasteiger partial charge in [-0.15, -0.1) is 11.3 Å². The van der Waals surface area contributed by atoms with E-state index in [9.17, 15) is 4.79 Å². The van der Waals surface area contributed by atoms with Gasteiger partial charge in [-0.25, -0.2) is 9.98 Å². The minimum atomic E-state index is 0.0976. The molecule has 156 valence electrons. The molecule has 1 amide bonds. The van der Waals surface area contributed by atoms with Gasteiger partial charge in [0.25, 0.3) is 0 Å². The summed E-state index contributed by atoms with van der Waals surface area (Å²) in [4.78, 5) is 27.9.